The quantitative estimate of drug-likeness (QED) is 0.449. The van der Waals surface area contributed by atoms with Gasteiger partial charge >= 0.3 is 0 Å². The smallest absolute Gasteiger partial charge is 0.212 e. The summed E-state index contributed by atoms with van der Waals surface area (Å²) in [6.07, 6.45) is 8.74. The van der Waals surface area contributed by atoms with Crippen LogP contribution in [0.3, 0.4) is 0 Å². The number of rotatable bonds is 12. The minimum Gasteiger partial charge on any atom is -0.490 e. The van der Waals surface area contributed by atoms with Gasteiger partial charge in [0.15, 0.2) is 11.6 Å². The molecule has 1 N–H and O–H groups in total. The predicted octanol–water partition coefficient (Wildman–Crippen LogP) is 5.52. The van der Waals surface area contributed by atoms with Gasteiger partial charge in [0.25, 0.3) is 0 Å². The van der Waals surface area contributed by atoms with Crippen LogP contribution in [0, 0.1) is 17.2 Å². The van der Waals surface area contributed by atoms with E-state index in [1.807, 2.05) is 0 Å². The Bertz CT molecular complexity index is 793. The highest BCUT2D eigenvalue weighted by Gasteiger charge is 2.47. The summed E-state index contributed by atoms with van der Waals surface area (Å²) in [5.41, 5.74) is 0.553. The number of nitrogens with one attached hydrogen (secondary N) is 1. The summed E-state index contributed by atoms with van der Waals surface area (Å²) in [5, 5.41) is 0. The Hall–Kier alpha value is -1.14. The molecule has 1 aromatic carbocycles. The summed E-state index contributed by atoms with van der Waals surface area (Å²) >= 11 is 0. The Morgan fingerprint density at radius 2 is 1.83 bits per heavy atom. The monoisotopic (exact) mass is 425 g/mol. The van der Waals surface area contributed by atoms with Crippen molar-refractivity contribution in [3.63, 3.8) is 0 Å². The third-order valence-electron chi connectivity index (χ3n) is 5.85. The molecule has 0 atom stereocenters. The molecule has 164 valence electrons. The zero-order chi connectivity index (χ0) is 21.1. The van der Waals surface area contributed by atoms with Crippen molar-refractivity contribution in [3.05, 3.63) is 29.6 Å². The van der Waals surface area contributed by atoms with E-state index < -0.39 is 15.6 Å². The SMILES string of the molecule is CC(C)(C)CCCCCCS(=O)(=O)NC1(c2ccc(F)c(OCC3CC3)c2)CC1. The zero-order valence-electron chi connectivity index (χ0n) is 18.1. The van der Waals surface area contributed by atoms with Crippen molar-refractivity contribution >= 4 is 10.0 Å². The molecular weight excluding hydrogens is 389 g/mol. The summed E-state index contributed by atoms with van der Waals surface area (Å²) in [6.45, 7) is 7.23. The molecule has 0 aliphatic heterocycles. The van der Waals surface area contributed by atoms with E-state index in [2.05, 4.69) is 25.5 Å². The van der Waals surface area contributed by atoms with Crippen LogP contribution in [0.4, 0.5) is 4.39 Å². The van der Waals surface area contributed by atoms with Crippen LogP contribution >= 0.6 is 0 Å². The number of ether oxygens (including phenoxy) is 1. The summed E-state index contributed by atoms with van der Waals surface area (Å²) in [5.74, 6) is 0.535. The fourth-order valence-electron chi connectivity index (χ4n) is 3.63. The lowest BCUT2D eigenvalue weighted by Crippen LogP contribution is -2.36. The van der Waals surface area contributed by atoms with Crippen molar-refractivity contribution in [2.45, 2.75) is 84.1 Å². The molecule has 0 bridgehead atoms. The third-order valence-corrected chi connectivity index (χ3v) is 7.37. The standard InChI is InChI=1S/C23H36FNO3S/c1-22(2,3)12-6-4-5-7-15-29(26,27)25-23(13-14-23)19-10-11-20(24)21(16-19)28-17-18-8-9-18/h10-11,16,18,25H,4-9,12-15,17H2,1-3H3. The number of sulfonamides is 1. The number of benzene rings is 1. The Morgan fingerprint density at radius 1 is 1.14 bits per heavy atom. The van der Waals surface area contributed by atoms with Crippen LogP contribution in [-0.2, 0) is 15.6 Å². The molecule has 0 spiro atoms. The lowest BCUT2D eigenvalue weighted by molar-refractivity contribution is 0.284. The molecule has 0 heterocycles. The molecule has 0 amide bonds. The molecule has 29 heavy (non-hydrogen) atoms. The minimum atomic E-state index is -3.36. The van der Waals surface area contributed by atoms with E-state index in [1.54, 1.807) is 12.1 Å². The first-order chi connectivity index (χ1) is 13.6. The highest BCUT2D eigenvalue weighted by molar-refractivity contribution is 7.89. The van der Waals surface area contributed by atoms with Crippen LogP contribution in [0.25, 0.3) is 0 Å². The van der Waals surface area contributed by atoms with Crippen molar-refractivity contribution in [1.82, 2.24) is 4.72 Å². The molecule has 0 saturated heterocycles. The summed E-state index contributed by atoms with van der Waals surface area (Å²) in [7, 11) is -3.36. The number of unbranched alkanes of at least 4 members (excludes halogenated alkanes) is 3. The zero-order valence-corrected chi connectivity index (χ0v) is 18.9. The van der Waals surface area contributed by atoms with Gasteiger partial charge in [-0.05, 0) is 67.6 Å². The maximum absolute atomic E-state index is 14.1. The Kier molecular flexibility index (Phi) is 6.94. The summed E-state index contributed by atoms with van der Waals surface area (Å²) < 4.78 is 47.8. The van der Waals surface area contributed by atoms with Gasteiger partial charge in [0.2, 0.25) is 10.0 Å². The first-order valence-electron chi connectivity index (χ1n) is 11.0. The summed E-state index contributed by atoms with van der Waals surface area (Å²) in [4.78, 5) is 0. The second kappa shape index (κ2) is 8.93. The van der Waals surface area contributed by atoms with Gasteiger partial charge in [-0.1, -0.05) is 46.1 Å². The predicted molar refractivity (Wildman–Crippen MR) is 115 cm³/mol. The van der Waals surface area contributed by atoms with Crippen LogP contribution in [0.2, 0.25) is 0 Å². The fourth-order valence-corrected chi connectivity index (χ4v) is 5.23. The van der Waals surface area contributed by atoms with E-state index >= 15 is 0 Å². The highest BCUT2D eigenvalue weighted by Crippen LogP contribution is 2.47. The molecule has 2 saturated carbocycles. The average Bonchev–Trinajstić information content (AvgIpc) is 3.52. The van der Waals surface area contributed by atoms with Crippen LogP contribution in [0.5, 0.6) is 5.75 Å². The molecule has 2 aliphatic carbocycles. The first-order valence-corrected chi connectivity index (χ1v) is 12.7. The fraction of sp³-hybridized carbons (Fsp3) is 0.739. The van der Waals surface area contributed by atoms with Crippen molar-refractivity contribution in [1.29, 1.82) is 0 Å². The van der Waals surface area contributed by atoms with Gasteiger partial charge in [-0.15, -0.1) is 0 Å². The number of hydrogen-bond donors (Lipinski definition) is 1. The Balaban J connectivity index is 1.50. The molecule has 0 radical (unpaired) electrons. The van der Waals surface area contributed by atoms with E-state index in [9.17, 15) is 12.8 Å². The van der Waals surface area contributed by atoms with E-state index in [0.29, 0.717) is 24.4 Å². The van der Waals surface area contributed by atoms with E-state index in [4.69, 9.17) is 4.74 Å². The Labute approximate surface area is 175 Å². The molecule has 0 aromatic heterocycles. The number of hydrogen-bond acceptors (Lipinski definition) is 3. The van der Waals surface area contributed by atoms with E-state index in [-0.39, 0.29) is 17.3 Å². The molecule has 2 fully saturated rings. The normalized spacial score (nSPS) is 18.6. The van der Waals surface area contributed by atoms with Crippen molar-refractivity contribution in [2.24, 2.45) is 11.3 Å². The van der Waals surface area contributed by atoms with Crippen molar-refractivity contribution in [2.75, 3.05) is 12.4 Å². The number of halogens is 1. The van der Waals surface area contributed by atoms with Gasteiger partial charge in [-0.2, -0.15) is 0 Å². The van der Waals surface area contributed by atoms with Crippen LogP contribution in [0.15, 0.2) is 18.2 Å². The molecular formula is C23H36FNO3S. The van der Waals surface area contributed by atoms with Crippen LogP contribution in [0.1, 0.15) is 84.1 Å². The molecule has 3 rings (SSSR count). The van der Waals surface area contributed by atoms with Crippen LogP contribution in [-0.4, -0.2) is 20.8 Å². The molecule has 2 aliphatic rings. The largest absolute Gasteiger partial charge is 0.490 e. The maximum atomic E-state index is 14.1. The molecule has 0 unspecified atom stereocenters. The van der Waals surface area contributed by atoms with Gasteiger partial charge in [0, 0.05) is 0 Å². The van der Waals surface area contributed by atoms with E-state index in [1.165, 1.54) is 6.07 Å². The van der Waals surface area contributed by atoms with Gasteiger partial charge in [0.05, 0.1) is 17.9 Å². The van der Waals surface area contributed by atoms with Gasteiger partial charge in [0.1, 0.15) is 0 Å². The topological polar surface area (TPSA) is 55.4 Å². The van der Waals surface area contributed by atoms with Crippen molar-refractivity contribution in [3.8, 4) is 5.75 Å². The van der Waals surface area contributed by atoms with Crippen LogP contribution < -0.4 is 9.46 Å². The second-order valence-electron chi connectivity index (χ2n) is 10.1. The van der Waals surface area contributed by atoms with Gasteiger partial charge in [-0.25, -0.2) is 17.5 Å². The van der Waals surface area contributed by atoms with E-state index in [0.717, 1.165) is 56.9 Å². The summed E-state index contributed by atoms with van der Waals surface area (Å²) in [6, 6.07) is 4.75. The highest BCUT2D eigenvalue weighted by atomic mass is 32.2. The van der Waals surface area contributed by atoms with Gasteiger partial charge in [-0.3, -0.25) is 0 Å². The maximum Gasteiger partial charge on any atom is 0.212 e. The first kappa shape index (κ1) is 22.5. The third kappa shape index (κ3) is 7.25. The lowest BCUT2D eigenvalue weighted by atomic mass is 9.89. The minimum absolute atomic E-state index is 0.149. The second-order valence-corrected chi connectivity index (χ2v) is 12.0. The van der Waals surface area contributed by atoms with Crippen molar-refractivity contribution < 1.29 is 17.5 Å². The molecule has 6 heteroatoms. The average molecular weight is 426 g/mol. The lowest BCUT2D eigenvalue weighted by Gasteiger charge is -2.19. The van der Waals surface area contributed by atoms with Gasteiger partial charge < -0.3 is 4.74 Å². The molecule has 4 nitrogen and oxygen atoms in total. The molecule has 1 aromatic rings. The Morgan fingerprint density at radius 3 is 2.45 bits per heavy atom.